The fraction of sp³-hybridized carbons (Fsp3) is 0.250. The molecule has 21 heavy (non-hydrogen) atoms. The van der Waals surface area contributed by atoms with E-state index in [0.717, 1.165) is 11.3 Å². The van der Waals surface area contributed by atoms with Crippen molar-refractivity contribution in [2.45, 2.75) is 25.8 Å². The highest BCUT2D eigenvalue weighted by Crippen LogP contribution is 2.25. The number of oxime groups is 1. The van der Waals surface area contributed by atoms with Crippen molar-refractivity contribution >= 4 is 11.5 Å². The molecule has 0 radical (unpaired) electrons. The number of anilines is 1. The monoisotopic (exact) mass is 282 g/mol. The minimum Gasteiger partial charge on any atom is -0.409 e. The van der Waals surface area contributed by atoms with Crippen molar-refractivity contribution in [3.63, 3.8) is 0 Å². The SMILES string of the molecule is NC(=NO)c1cc(CNc2ccc3c(c2)CCC3)ccn1. The van der Waals surface area contributed by atoms with E-state index in [9.17, 15) is 0 Å². The lowest BCUT2D eigenvalue weighted by atomic mass is 10.1. The van der Waals surface area contributed by atoms with Crippen molar-refractivity contribution in [1.29, 1.82) is 0 Å². The summed E-state index contributed by atoms with van der Waals surface area (Å²) in [5.41, 5.74) is 11.1. The summed E-state index contributed by atoms with van der Waals surface area (Å²) in [6.07, 6.45) is 5.29. The van der Waals surface area contributed by atoms with E-state index in [1.807, 2.05) is 12.1 Å². The molecule has 1 aromatic heterocycles. The highest BCUT2D eigenvalue weighted by atomic mass is 16.4. The lowest BCUT2D eigenvalue weighted by Gasteiger charge is -2.09. The van der Waals surface area contributed by atoms with Crippen LogP contribution in [0, 0.1) is 0 Å². The standard InChI is InChI=1S/C16H18N4O/c17-16(20-21)15-8-11(6-7-18-15)10-19-14-5-4-12-2-1-3-13(12)9-14/h4-9,19,21H,1-3,10H2,(H2,17,20). The van der Waals surface area contributed by atoms with Gasteiger partial charge in [-0.15, -0.1) is 0 Å². The molecule has 2 aromatic rings. The first kappa shape index (κ1) is 13.4. The summed E-state index contributed by atoms with van der Waals surface area (Å²) in [5, 5.41) is 15.1. The largest absolute Gasteiger partial charge is 0.409 e. The Morgan fingerprint density at radius 1 is 1.24 bits per heavy atom. The minimum atomic E-state index is 0.0226. The first-order valence-corrected chi connectivity index (χ1v) is 7.05. The molecule has 0 saturated heterocycles. The molecule has 108 valence electrons. The van der Waals surface area contributed by atoms with E-state index in [1.54, 1.807) is 6.20 Å². The minimum absolute atomic E-state index is 0.0226. The molecule has 1 aromatic carbocycles. The third-order valence-electron chi connectivity index (χ3n) is 3.79. The number of rotatable bonds is 4. The molecule has 0 atom stereocenters. The Bertz CT molecular complexity index is 682. The van der Waals surface area contributed by atoms with Crippen LogP contribution in [0.4, 0.5) is 5.69 Å². The van der Waals surface area contributed by atoms with E-state index in [-0.39, 0.29) is 5.84 Å². The van der Waals surface area contributed by atoms with Crippen molar-refractivity contribution in [1.82, 2.24) is 4.98 Å². The number of nitrogens with two attached hydrogens (primary N) is 1. The molecule has 1 aliphatic rings. The van der Waals surface area contributed by atoms with Gasteiger partial charge >= 0.3 is 0 Å². The van der Waals surface area contributed by atoms with E-state index in [2.05, 4.69) is 33.7 Å². The Morgan fingerprint density at radius 2 is 2.10 bits per heavy atom. The van der Waals surface area contributed by atoms with Crippen LogP contribution in [0.2, 0.25) is 0 Å². The number of hydrogen-bond acceptors (Lipinski definition) is 4. The van der Waals surface area contributed by atoms with Gasteiger partial charge in [-0.2, -0.15) is 0 Å². The highest BCUT2D eigenvalue weighted by molar-refractivity contribution is 5.95. The lowest BCUT2D eigenvalue weighted by Crippen LogP contribution is -2.15. The number of hydrogen-bond donors (Lipinski definition) is 3. The average molecular weight is 282 g/mol. The van der Waals surface area contributed by atoms with Crippen LogP contribution in [0.25, 0.3) is 0 Å². The molecule has 0 aliphatic heterocycles. The van der Waals surface area contributed by atoms with Gasteiger partial charge in [0.2, 0.25) is 0 Å². The van der Waals surface area contributed by atoms with Crippen molar-refractivity contribution in [3.8, 4) is 0 Å². The van der Waals surface area contributed by atoms with Gasteiger partial charge in [-0.05, 0) is 60.2 Å². The van der Waals surface area contributed by atoms with E-state index in [0.29, 0.717) is 12.2 Å². The number of pyridine rings is 1. The quantitative estimate of drug-likeness (QED) is 0.348. The van der Waals surface area contributed by atoms with Crippen molar-refractivity contribution in [3.05, 3.63) is 58.9 Å². The molecule has 0 unspecified atom stereocenters. The van der Waals surface area contributed by atoms with Gasteiger partial charge in [0.05, 0.1) is 0 Å². The normalized spacial score (nSPS) is 14.0. The topological polar surface area (TPSA) is 83.5 Å². The van der Waals surface area contributed by atoms with E-state index in [1.165, 1.54) is 30.4 Å². The Balaban J connectivity index is 1.70. The number of nitrogens with zero attached hydrogens (tertiary/aromatic N) is 2. The average Bonchev–Trinajstić information content (AvgIpc) is 3.00. The molecule has 5 nitrogen and oxygen atoms in total. The number of benzene rings is 1. The van der Waals surface area contributed by atoms with Gasteiger partial charge in [0.15, 0.2) is 5.84 Å². The van der Waals surface area contributed by atoms with Crippen LogP contribution in [0.5, 0.6) is 0 Å². The van der Waals surface area contributed by atoms with Gasteiger partial charge < -0.3 is 16.3 Å². The molecule has 1 heterocycles. The zero-order chi connectivity index (χ0) is 14.7. The van der Waals surface area contributed by atoms with Crippen molar-refractivity contribution in [2.24, 2.45) is 10.9 Å². The zero-order valence-electron chi connectivity index (χ0n) is 11.7. The molecule has 0 saturated carbocycles. The van der Waals surface area contributed by atoms with Crippen molar-refractivity contribution < 1.29 is 5.21 Å². The van der Waals surface area contributed by atoms with Crippen LogP contribution in [0.1, 0.15) is 28.8 Å². The summed E-state index contributed by atoms with van der Waals surface area (Å²) in [7, 11) is 0. The lowest BCUT2D eigenvalue weighted by molar-refractivity contribution is 0.318. The van der Waals surface area contributed by atoms with Crippen LogP contribution in [0.3, 0.4) is 0 Å². The first-order valence-electron chi connectivity index (χ1n) is 7.05. The van der Waals surface area contributed by atoms with Crippen LogP contribution in [0.15, 0.2) is 41.7 Å². The van der Waals surface area contributed by atoms with Crippen LogP contribution in [-0.4, -0.2) is 16.0 Å². The number of amidine groups is 1. The number of fused-ring (bicyclic) bond motifs is 1. The molecule has 0 fully saturated rings. The van der Waals surface area contributed by atoms with Gasteiger partial charge in [-0.25, -0.2) is 0 Å². The Morgan fingerprint density at radius 3 is 2.95 bits per heavy atom. The summed E-state index contributed by atoms with van der Waals surface area (Å²) in [6, 6.07) is 10.3. The van der Waals surface area contributed by atoms with Gasteiger partial charge in [-0.1, -0.05) is 11.2 Å². The molecular formula is C16H18N4O. The number of aryl methyl sites for hydroxylation is 2. The maximum atomic E-state index is 8.68. The summed E-state index contributed by atoms with van der Waals surface area (Å²) in [4.78, 5) is 4.07. The summed E-state index contributed by atoms with van der Waals surface area (Å²) < 4.78 is 0. The van der Waals surface area contributed by atoms with Crippen LogP contribution >= 0.6 is 0 Å². The summed E-state index contributed by atoms with van der Waals surface area (Å²) in [6.45, 7) is 0.674. The molecule has 3 rings (SSSR count). The second-order valence-electron chi connectivity index (χ2n) is 5.23. The Kier molecular flexibility index (Phi) is 3.73. The number of nitrogens with one attached hydrogen (secondary N) is 1. The predicted molar refractivity (Wildman–Crippen MR) is 82.5 cm³/mol. The van der Waals surface area contributed by atoms with Gasteiger partial charge in [0, 0.05) is 18.4 Å². The number of aromatic nitrogens is 1. The molecule has 0 spiro atoms. The smallest absolute Gasteiger partial charge is 0.188 e. The molecule has 4 N–H and O–H groups in total. The second-order valence-corrected chi connectivity index (χ2v) is 5.23. The van der Waals surface area contributed by atoms with E-state index < -0.39 is 0 Å². The summed E-state index contributed by atoms with van der Waals surface area (Å²) >= 11 is 0. The van der Waals surface area contributed by atoms with Crippen molar-refractivity contribution in [2.75, 3.05) is 5.32 Å². The maximum absolute atomic E-state index is 8.68. The van der Waals surface area contributed by atoms with Crippen LogP contribution < -0.4 is 11.1 Å². The Labute approximate surface area is 123 Å². The van der Waals surface area contributed by atoms with Gasteiger partial charge in [-0.3, -0.25) is 4.98 Å². The van der Waals surface area contributed by atoms with Gasteiger partial charge in [0.25, 0.3) is 0 Å². The fourth-order valence-corrected chi connectivity index (χ4v) is 2.66. The molecule has 1 aliphatic carbocycles. The van der Waals surface area contributed by atoms with E-state index in [4.69, 9.17) is 10.9 Å². The molecule has 0 bridgehead atoms. The molecule has 0 amide bonds. The van der Waals surface area contributed by atoms with Crippen LogP contribution in [-0.2, 0) is 19.4 Å². The van der Waals surface area contributed by atoms with E-state index >= 15 is 0 Å². The third-order valence-corrected chi connectivity index (χ3v) is 3.79. The third kappa shape index (κ3) is 2.97. The molecular weight excluding hydrogens is 264 g/mol. The first-order chi connectivity index (χ1) is 10.3. The maximum Gasteiger partial charge on any atom is 0.188 e. The van der Waals surface area contributed by atoms with Gasteiger partial charge in [0.1, 0.15) is 5.69 Å². The predicted octanol–water partition coefficient (Wildman–Crippen LogP) is 2.28. The highest BCUT2D eigenvalue weighted by Gasteiger charge is 2.10. The summed E-state index contributed by atoms with van der Waals surface area (Å²) in [5.74, 6) is 0.0226. The Hall–Kier alpha value is -2.56. The fourth-order valence-electron chi connectivity index (χ4n) is 2.66. The zero-order valence-corrected chi connectivity index (χ0v) is 11.7. The molecule has 5 heteroatoms. The second kappa shape index (κ2) is 5.83.